The van der Waals surface area contributed by atoms with Crippen LogP contribution in [0, 0.1) is 0 Å². The Kier molecular flexibility index (Phi) is 4.19. The summed E-state index contributed by atoms with van der Waals surface area (Å²) in [6.07, 6.45) is 1.04. The Morgan fingerprint density at radius 1 is 0.900 bits per heavy atom. The Morgan fingerprint density at radius 2 is 1.80 bits per heavy atom. The zero-order valence-electron chi connectivity index (χ0n) is 11.6. The van der Waals surface area contributed by atoms with Gasteiger partial charge in [-0.3, -0.25) is 0 Å². The van der Waals surface area contributed by atoms with E-state index in [2.05, 4.69) is 59.2 Å². The van der Waals surface area contributed by atoms with Crippen LogP contribution in [0.1, 0.15) is 11.1 Å². The van der Waals surface area contributed by atoms with E-state index in [4.69, 9.17) is 4.74 Å². The van der Waals surface area contributed by atoms with Crippen LogP contribution in [-0.2, 0) is 13.0 Å². The van der Waals surface area contributed by atoms with E-state index < -0.39 is 0 Å². The van der Waals surface area contributed by atoms with E-state index in [9.17, 15) is 0 Å². The highest BCUT2D eigenvalue weighted by Gasteiger charge is 2.00. The van der Waals surface area contributed by atoms with Crippen molar-refractivity contribution in [2.24, 2.45) is 0 Å². The number of rotatable bonds is 0. The van der Waals surface area contributed by atoms with Crippen molar-refractivity contribution in [2.75, 3.05) is 25.0 Å². The Bertz CT molecular complexity index is 505. The van der Waals surface area contributed by atoms with Crippen molar-refractivity contribution in [3.8, 4) is 5.75 Å². The number of hydrogen-bond acceptors (Lipinski definition) is 3. The number of ether oxygens (including phenoxy) is 1. The molecule has 0 aromatic heterocycles. The molecule has 4 bridgehead atoms. The van der Waals surface area contributed by atoms with Crippen LogP contribution in [-0.4, -0.2) is 19.7 Å². The second kappa shape index (κ2) is 6.44. The second-order valence-electron chi connectivity index (χ2n) is 5.05. The minimum Gasteiger partial charge on any atom is -0.492 e. The van der Waals surface area contributed by atoms with Crippen LogP contribution >= 0.6 is 0 Å². The van der Waals surface area contributed by atoms with Gasteiger partial charge in [0.25, 0.3) is 0 Å². The van der Waals surface area contributed by atoms with Gasteiger partial charge in [-0.1, -0.05) is 24.3 Å². The van der Waals surface area contributed by atoms with Gasteiger partial charge in [-0.25, -0.2) is 0 Å². The Balaban J connectivity index is 1.73. The fourth-order valence-electron chi connectivity index (χ4n) is 2.37. The summed E-state index contributed by atoms with van der Waals surface area (Å²) < 4.78 is 5.73. The highest BCUT2D eigenvalue weighted by molar-refractivity contribution is 5.45. The van der Waals surface area contributed by atoms with Gasteiger partial charge in [-0.05, 0) is 48.4 Å². The standard InChI is InChI=1S/C17H20N2O/c1-2-15-12-16(3-1)19-10-11-20-17-6-4-14(5-7-17)8-9-18-13-15/h1-7,12,18-19H,8-11,13H2. The molecule has 3 heteroatoms. The van der Waals surface area contributed by atoms with Gasteiger partial charge in [0, 0.05) is 18.8 Å². The molecule has 0 atom stereocenters. The summed E-state index contributed by atoms with van der Waals surface area (Å²) in [5, 5.41) is 6.88. The average Bonchev–Trinajstić information content (AvgIpc) is 2.50. The summed E-state index contributed by atoms with van der Waals surface area (Å²) in [7, 11) is 0. The molecular formula is C17H20N2O. The van der Waals surface area contributed by atoms with Crippen molar-refractivity contribution in [1.82, 2.24) is 5.32 Å². The van der Waals surface area contributed by atoms with Gasteiger partial charge >= 0.3 is 0 Å². The lowest BCUT2D eigenvalue weighted by Crippen LogP contribution is -2.16. The monoisotopic (exact) mass is 268 g/mol. The van der Waals surface area contributed by atoms with Crippen LogP contribution in [0.2, 0.25) is 0 Å². The van der Waals surface area contributed by atoms with Gasteiger partial charge in [-0.2, -0.15) is 0 Å². The first kappa shape index (κ1) is 13.0. The van der Waals surface area contributed by atoms with Gasteiger partial charge in [0.2, 0.25) is 0 Å². The number of nitrogens with one attached hydrogen (secondary N) is 2. The molecule has 2 N–H and O–H groups in total. The summed E-state index contributed by atoms with van der Waals surface area (Å²) in [6, 6.07) is 16.9. The van der Waals surface area contributed by atoms with Gasteiger partial charge in [0.05, 0.1) is 0 Å². The maximum absolute atomic E-state index is 5.73. The Hall–Kier alpha value is -2.00. The molecule has 0 amide bonds. The summed E-state index contributed by atoms with van der Waals surface area (Å²) >= 11 is 0. The fourth-order valence-corrected chi connectivity index (χ4v) is 2.37. The number of anilines is 1. The lowest BCUT2D eigenvalue weighted by atomic mass is 10.1. The van der Waals surface area contributed by atoms with Crippen molar-refractivity contribution in [2.45, 2.75) is 13.0 Å². The molecule has 104 valence electrons. The van der Waals surface area contributed by atoms with Gasteiger partial charge in [-0.15, -0.1) is 0 Å². The summed E-state index contributed by atoms with van der Waals surface area (Å²) in [5.74, 6) is 0.937. The predicted octanol–water partition coefficient (Wildman–Crippen LogP) is 2.82. The maximum Gasteiger partial charge on any atom is 0.119 e. The third-order valence-corrected chi connectivity index (χ3v) is 3.47. The largest absolute Gasteiger partial charge is 0.492 e. The van der Waals surface area contributed by atoms with E-state index in [-0.39, 0.29) is 0 Å². The first-order valence-corrected chi connectivity index (χ1v) is 7.15. The minimum absolute atomic E-state index is 0.668. The lowest BCUT2D eigenvalue weighted by Gasteiger charge is -2.09. The van der Waals surface area contributed by atoms with Crippen LogP contribution in [0.25, 0.3) is 0 Å². The molecule has 2 heterocycles. The Labute approximate surface area is 120 Å². The SMILES string of the molecule is c1cc2cc(c1)NCCOc1ccc(cc1)CCNC2. The van der Waals surface area contributed by atoms with Gasteiger partial charge in [0.15, 0.2) is 0 Å². The van der Waals surface area contributed by atoms with Crippen molar-refractivity contribution in [3.05, 3.63) is 59.7 Å². The van der Waals surface area contributed by atoms with Crippen molar-refractivity contribution in [3.63, 3.8) is 0 Å². The Morgan fingerprint density at radius 3 is 2.70 bits per heavy atom. The first-order valence-electron chi connectivity index (χ1n) is 7.15. The molecule has 0 aliphatic carbocycles. The van der Waals surface area contributed by atoms with Crippen LogP contribution < -0.4 is 15.4 Å². The smallest absolute Gasteiger partial charge is 0.119 e. The summed E-state index contributed by atoms with van der Waals surface area (Å²) in [4.78, 5) is 0. The molecule has 20 heavy (non-hydrogen) atoms. The van der Waals surface area contributed by atoms with Crippen molar-refractivity contribution in [1.29, 1.82) is 0 Å². The topological polar surface area (TPSA) is 33.3 Å². The molecule has 0 fully saturated rings. The van der Waals surface area contributed by atoms with Crippen LogP contribution in [0.3, 0.4) is 0 Å². The molecule has 0 unspecified atom stereocenters. The van der Waals surface area contributed by atoms with Crippen LogP contribution in [0.5, 0.6) is 5.75 Å². The van der Waals surface area contributed by atoms with Crippen LogP contribution in [0.15, 0.2) is 48.5 Å². The van der Waals surface area contributed by atoms with E-state index in [1.54, 1.807) is 0 Å². The van der Waals surface area contributed by atoms with E-state index in [0.717, 1.165) is 37.5 Å². The molecule has 2 aliphatic rings. The maximum atomic E-state index is 5.73. The van der Waals surface area contributed by atoms with E-state index in [1.807, 2.05) is 0 Å². The molecule has 4 rings (SSSR count). The first-order chi connectivity index (χ1) is 9.90. The fraction of sp³-hybridized carbons (Fsp3) is 0.294. The molecule has 0 spiro atoms. The molecule has 3 nitrogen and oxygen atoms in total. The zero-order valence-corrected chi connectivity index (χ0v) is 11.6. The molecule has 0 radical (unpaired) electrons. The number of hydrogen-bond donors (Lipinski definition) is 2. The molecule has 0 saturated heterocycles. The van der Waals surface area contributed by atoms with Crippen LogP contribution in [0.4, 0.5) is 5.69 Å². The predicted molar refractivity (Wildman–Crippen MR) is 82.3 cm³/mol. The molecule has 2 aromatic rings. The summed E-state index contributed by atoms with van der Waals surface area (Å²) in [5.41, 5.74) is 3.80. The molecule has 2 aromatic carbocycles. The molecule has 2 aliphatic heterocycles. The van der Waals surface area contributed by atoms with Crippen molar-refractivity contribution < 1.29 is 4.74 Å². The number of fused-ring (bicyclic) bond motifs is 8. The minimum atomic E-state index is 0.668. The van der Waals surface area contributed by atoms with E-state index in [1.165, 1.54) is 11.1 Å². The highest BCUT2D eigenvalue weighted by atomic mass is 16.5. The third kappa shape index (κ3) is 3.52. The highest BCUT2D eigenvalue weighted by Crippen LogP contribution is 2.14. The molecular weight excluding hydrogens is 248 g/mol. The molecule has 0 saturated carbocycles. The van der Waals surface area contributed by atoms with Gasteiger partial charge in [0.1, 0.15) is 12.4 Å². The normalized spacial score (nSPS) is 15.6. The van der Waals surface area contributed by atoms with E-state index >= 15 is 0 Å². The van der Waals surface area contributed by atoms with Crippen molar-refractivity contribution >= 4 is 5.69 Å². The summed E-state index contributed by atoms with van der Waals surface area (Å²) in [6.45, 7) is 3.36. The second-order valence-corrected chi connectivity index (χ2v) is 5.05. The van der Waals surface area contributed by atoms with Gasteiger partial charge < -0.3 is 15.4 Å². The number of benzene rings is 2. The zero-order chi connectivity index (χ0) is 13.6. The lowest BCUT2D eigenvalue weighted by molar-refractivity contribution is 0.333. The third-order valence-electron chi connectivity index (χ3n) is 3.47. The van der Waals surface area contributed by atoms with E-state index in [0.29, 0.717) is 6.61 Å². The quantitative estimate of drug-likeness (QED) is 0.771. The average molecular weight is 268 g/mol.